The second kappa shape index (κ2) is 14.4. The van der Waals surface area contributed by atoms with E-state index in [-0.39, 0.29) is 25.5 Å². The summed E-state index contributed by atoms with van der Waals surface area (Å²) in [5.74, 6) is 0. The molecule has 0 aliphatic heterocycles. The van der Waals surface area contributed by atoms with Crippen LogP contribution in [0.25, 0.3) is 65.7 Å². The van der Waals surface area contributed by atoms with E-state index in [9.17, 15) is 0 Å². The summed E-state index contributed by atoms with van der Waals surface area (Å²) in [5, 5.41) is 3.54. The average molecular weight is 849 g/mol. The SMILES string of the molecule is Cc1cccc(C)c1-c1cc(-c2[c-]ccc3c2oc2c3ccc3c(C)c(C)sc32)ncc1CC(C)(C)C.[Ir].[c-]1ccccc1-c1ccccn1. The minimum absolute atomic E-state index is 0. The Morgan fingerprint density at radius 3 is 2.16 bits per heavy atom. The number of thiophene rings is 1. The maximum atomic E-state index is 6.66. The summed E-state index contributed by atoms with van der Waals surface area (Å²) in [6.45, 7) is 15.6. The average Bonchev–Trinajstić information content (AvgIpc) is 3.62. The molecule has 1 radical (unpaired) electrons. The molecule has 4 aromatic carbocycles. The molecule has 0 atom stereocenters. The molecule has 0 saturated heterocycles. The molecule has 50 heavy (non-hydrogen) atoms. The van der Waals surface area contributed by atoms with Crippen molar-refractivity contribution in [1.29, 1.82) is 0 Å². The fraction of sp³-hybridized carbons (Fsp3) is 0.200. The van der Waals surface area contributed by atoms with E-state index < -0.39 is 0 Å². The molecule has 0 unspecified atom stereocenters. The quantitative estimate of drug-likeness (QED) is 0.166. The van der Waals surface area contributed by atoms with E-state index in [1.54, 1.807) is 6.20 Å². The molecule has 8 aromatic rings. The number of nitrogens with zero attached hydrogens (tertiary/aromatic N) is 2. The number of benzene rings is 4. The van der Waals surface area contributed by atoms with Crippen molar-refractivity contribution in [1.82, 2.24) is 9.97 Å². The van der Waals surface area contributed by atoms with Gasteiger partial charge in [0.05, 0.1) is 10.3 Å². The Morgan fingerprint density at radius 1 is 0.720 bits per heavy atom. The van der Waals surface area contributed by atoms with E-state index in [1.807, 2.05) is 59.9 Å². The fourth-order valence-electron chi connectivity index (χ4n) is 6.67. The van der Waals surface area contributed by atoms with Crippen molar-refractivity contribution in [2.75, 3.05) is 0 Å². The van der Waals surface area contributed by atoms with Crippen LogP contribution < -0.4 is 0 Å². The Balaban J connectivity index is 0.000000281. The van der Waals surface area contributed by atoms with Gasteiger partial charge in [-0.2, -0.15) is 0 Å². The number of aryl methyl sites for hydroxylation is 4. The third kappa shape index (κ3) is 6.96. The second-order valence-electron chi connectivity index (χ2n) is 14.0. The zero-order chi connectivity index (χ0) is 34.3. The molecule has 4 aromatic heterocycles. The van der Waals surface area contributed by atoms with Crippen LogP contribution in [0.3, 0.4) is 0 Å². The predicted octanol–water partition coefficient (Wildman–Crippen LogP) is 12.7. The molecule has 0 amide bonds. The normalized spacial score (nSPS) is 11.4. The minimum atomic E-state index is 0. The molecule has 0 aliphatic carbocycles. The second-order valence-corrected chi connectivity index (χ2v) is 15.2. The van der Waals surface area contributed by atoms with Crippen molar-refractivity contribution in [3.05, 3.63) is 143 Å². The molecular weight excluding hydrogens is 809 g/mol. The molecular formula is C45H40IrN2OS-2. The van der Waals surface area contributed by atoms with Crippen LogP contribution in [0.5, 0.6) is 0 Å². The molecule has 0 bridgehead atoms. The molecule has 4 heterocycles. The Morgan fingerprint density at radius 2 is 1.46 bits per heavy atom. The first-order chi connectivity index (χ1) is 23.6. The van der Waals surface area contributed by atoms with E-state index in [4.69, 9.17) is 9.40 Å². The first-order valence-corrected chi connectivity index (χ1v) is 17.6. The topological polar surface area (TPSA) is 38.9 Å². The van der Waals surface area contributed by atoms with Gasteiger partial charge in [0.15, 0.2) is 0 Å². The van der Waals surface area contributed by atoms with Crippen molar-refractivity contribution in [3.63, 3.8) is 0 Å². The van der Waals surface area contributed by atoms with Crippen LogP contribution in [0, 0.1) is 45.2 Å². The van der Waals surface area contributed by atoms with Crippen molar-refractivity contribution < 1.29 is 24.5 Å². The van der Waals surface area contributed by atoms with E-state index in [0.29, 0.717) is 0 Å². The van der Waals surface area contributed by atoms with Crippen molar-refractivity contribution in [3.8, 4) is 33.6 Å². The van der Waals surface area contributed by atoms with Gasteiger partial charge in [0, 0.05) is 42.8 Å². The molecule has 0 saturated carbocycles. The Hall–Kier alpha value is -4.41. The summed E-state index contributed by atoms with van der Waals surface area (Å²) in [6.07, 6.45) is 4.81. The summed E-state index contributed by atoms with van der Waals surface area (Å²) in [4.78, 5) is 10.5. The van der Waals surface area contributed by atoms with Gasteiger partial charge in [-0.3, -0.25) is 0 Å². The van der Waals surface area contributed by atoms with E-state index in [1.165, 1.54) is 48.3 Å². The number of aromatic nitrogens is 2. The van der Waals surface area contributed by atoms with E-state index in [0.717, 1.165) is 50.9 Å². The van der Waals surface area contributed by atoms with Gasteiger partial charge in [0.25, 0.3) is 0 Å². The van der Waals surface area contributed by atoms with Gasteiger partial charge in [-0.1, -0.05) is 80.3 Å². The maximum absolute atomic E-state index is 6.66. The van der Waals surface area contributed by atoms with Crippen molar-refractivity contribution >= 4 is 43.4 Å². The third-order valence-electron chi connectivity index (χ3n) is 9.11. The molecule has 0 aliphatic rings. The predicted molar refractivity (Wildman–Crippen MR) is 207 cm³/mol. The number of furan rings is 1. The summed E-state index contributed by atoms with van der Waals surface area (Å²) >= 11 is 1.82. The zero-order valence-electron chi connectivity index (χ0n) is 29.6. The van der Waals surface area contributed by atoms with Gasteiger partial charge in [-0.25, -0.2) is 0 Å². The molecule has 3 nitrogen and oxygen atoms in total. The van der Waals surface area contributed by atoms with Crippen LogP contribution in [-0.4, -0.2) is 9.97 Å². The summed E-state index contributed by atoms with van der Waals surface area (Å²) in [6, 6.07) is 37.6. The Labute approximate surface area is 312 Å². The third-order valence-corrected chi connectivity index (χ3v) is 10.3. The number of hydrogen-bond donors (Lipinski definition) is 0. The monoisotopic (exact) mass is 849 g/mol. The number of fused-ring (bicyclic) bond motifs is 5. The van der Waals surface area contributed by atoms with Crippen LogP contribution in [0.15, 0.2) is 108 Å². The first-order valence-electron chi connectivity index (χ1n) is 16.8. The zero-order valence-corrected chi connectivity index (χ0v) is 32.8. The van der Waals surface area contributed by atoms with Crippen molar-refractivity contribution in [2.45, 2.75) is 54.9 Å². The van der Waals surface area contributed by atoms with Crippen LogP contribution in [-0.2, 0) is 26.5 Å². The largest absolute Gasteiger partial charge is 0.499 e. The van der Waals surface area contributed by atoms with E-state index in [2.05, 4.69) is 114 Å². The number of pyridine rings is 2. The van der Waals surface area contributed by atoms with Crippen LogP contribution in [0.2, 0.25) is 0 Å². The fourth-order valence-corrected chi connectivity index (χ4v) is 7.81. The number of hydrogen-bond acceptors (Lipinski definition) is 4. The molecule has 8 rings (SSSR count). The van der Waals surface area contributed by atoms with Crippen molar-refractivity contribution in [2.24, 2.45) is 5.41 Å². The molecule has 0 fully saturated rings. The molecule has 5 heteroatoms. The molecule has 0 N–H and O–H groups in total. The van der Waals surface area contributed by atoms with Gasteiger partial charge in [0.2, 0.25) is 0 Å². The van der Waals surface area contributed by atoms with Gasteiger partial charge < -0.3 is 14.4 Å². The first kappa shape index (κ1) is 35.4. The molecule has 253 valence electrons. The van der Waals surface area contributed by atoms with E-state index >= 15 is 0 Å². The summed E-state index contributed by atoms with van der Waals surface area (Å²) < 4.78 is 7.88. The van der Waals surface area contributed by atoms with Gasteiger partial charge in [0.1, 0.15) is 5.58 Å². The van der Waals surface area contributed by atoms with Gasteiger partial charge in [-0.15, -0.1) is 65.4 Å². The van der Waals surface area contributed by atoms with Gasteiger partial charge >= 0.3 is 0 Å². The minimum Gasteiger partial charge on any atom is -0.499 e. The van der Waals surface area contributed by atoms with Crippen LogP contribution in [0.4, 0.5) is 0 Å². The van der Waals surface area contributed by atoms with Crippen LogP contribution >= 0.6 is 11.3 Å². The summed E-state index contributed by atoms with van der Waals surface area (Å²) in [7, 11) is 0. The van der Waals surface area contributed by atoms with Gasteiger partial charge in [-0.05, 0) is 95.8 Å². The van der Waals surface area contributed by atoms with Crippen LogP contribution in [0.1, 0.15) is 47.9 Å². The maximum Gasteiger partial charge on any atom is 0.138 e. The summed E-state index contributed by atoms with van der Waals surface area (Å²) in [5.41, 5.74) is 13.5. The Bertz CT molecular complexity index is 2380. The Kier molecular flexibility index (Phi) is 10.2. The smallest absolute Gasteiger partial charge is 0.138 e. The molecule has 0 spiro atoms. The number of rotatable bonds is 4. The standard InChI is InChI=1S/C34H32NOS.C11H8N.Ir/c1-19-10-8-11-20(2)30(19)28-16-29(35-18-23(28)17-34(5,6)7)27-13-9-12-25-26-15-14-24-21(3)22(4)37-33(24)32(26)36-31(25)27;1-2-6-10(7-3-1)11-8-4-5-9-12-11;/h8-12,14-16,18H,17H2,1-7H3;1-6,8-9H;/q2*-1;.